The number of primary amides is 1. The van der Waals surface area contributed by atoms with Gasteiger partial charge in [-0.3, -0.25) is 14.4 Å². The number of rotatable bonds is 6. The molecule has 0 atom stereocenters. The monoisotopic (exact) mass is 317 g/mol. The Morgan fingerprint density at radius 2 is 1.82 bits per heavy atom. The first kappa shape index (κ1) is 15.9. The van der Waals surface area contributed by atoms with Crippen LogP contribution < -0.4 is 16.8 Å². The summed E-state index contributed by atoms with van der Waals surface area (Å²) in [7, 11) is 0. The van der Waals surface area contributed by atoms with Gasteiger partial charge < -0.3 is 16.8 Å². The molecule has 1 aromatic carbocycles. The molecular formula is C15H15N3O3S. The molecule has 0 aliphatic carbocycles. The first-order valence-electron chi connectivity index (χ1n) is 6.51. The average Bonchev–Trinajstić information content (AvgIpc) is 3.02. The number of ketones is 1. The second kappa shape index (κ2) is 6.97. The maximum atomic E-state index is 12.0. The lowest BCUT2D eigenvalue weighted by Crippen LogP contribution is -2.22. The fraction of sp³-hybridized carbons (Fsp3) is 0.133. The quantitative estimate of drug-likeness (QED) is 0.687. The normalized spacial score (nSPS) is 10.2. The van der Waals surface area contributed by atoms with Crippen molar-refractivity contribution in [2.45, 2.75) is 6.54 Å². The summed E-state index contributed by atoms with van der Waals surface area (Å²) in [6, 6.07) is 9.89. The number of Topliss-reactive ketones (excluding diaryl/α,β-unsaturated/α-hetero) is 1. The van der Waals surface area contributed by atoms with Crippen LogP contribution in [0.3, 0.4) is 0 Å². The highest BCUT2D eigenvalue weighted by Crippen LogP contribution is 2.17. The largest absolute Gasteiger partial charge is 0.366 e. The van der Waals surface area contributed by atoms with Crippen molar-refractivity contribution in [3.63, 3.8) is 0 Å². The topological polar surface area (TPSA) is 115 Å². The molecule has 2 aromatic rings. The number of hydrogen-bond acceptors (Lipinski definition) is 5. The summed E-state index contributed by atoms with van der Waals surface area (Å²) < 4.78 is 0. The number of carbonyl (C=O) groups is 3. The Balaban J connectivity index is 2.01. The molecule has 0 radical (unpaired) electrons. The van der Waals surface area contributed by atoms with Crippen LogP contribution in [-0.2, 0) is 6.54 Å². The van der Waals surface area contributed by atoms with E-state index in [1.54, 1.807) is 36.4 Å². The number of benzene rings is 1. The minimum atomic E-state index is -0.517. The zero-order chi connectivity index (χ0) is 16.1. The molecule has 7 heteroatoms. The highest BCUT2D eigenvalue weighted by molar-refractivity contribution is 7.16. The highest BCUT2D eigenvalue weighted by atomic mass is 32.1. The minimum absolute atomic E-state index is 0.0819. The molecule has 0 spiro atoms. The lowest BCUT2D eigenvalue weighted by molar-refractivity contribution is 0.0953. The van der Waals surface area contributed by atoms with Crippen LogP contribution in [0.5, 0.6) is 0 Å². The maximum Gasteiger partial charge on any atom is 0.261 e. The Labute approximate surface area is 131 Å². The molecule has 22 heavy (non-hydrogen) atoms. The molecule has 5 N–H and O–H groups in total. The van der Waals surface area contributed by atoms with Gasteiger partial charge in [-0.25, -0.2) is 0 Å². The minimum Gasteiger partial charge on any atom is -0.366 e. The summed E-state index contributed by atoms with van der Waals surface area (Å²) in [6.07, 6.45) is 0. The molecule has 2 amide bonds. The molecule has 1 heterocycles. The molecule has 114 valence electrons. The van der Waals surface area contributed by atoms with E-state index in [-0.39, 0.29) is 24.8 Å². The fourth-order valence-corrected chi connectivity index (χ4v) is 2.69. The molecule has 2 rings (SSSR count). The number of hydrogen-bond donors (Lipinski definition) is 3. The van der Waals surface area contributed by atoms with Crippen LogP contribution in [0.25, 0.3) is 0 Å². The van der Waals surface area contributed by atoms with Crippen molar-refractivity contribution in [2.24, 2.45) is 11.5 Å². The van der Waals surface area contributed by atoms with Gasteiger partial charge in [-0.15, -0.1) is 11.3 Å². The van der Waals surface area contributed by atoms with E-state index in [0.717, 1.165) is 16.9 Å². The van der Waals surface area contributed by atoms with Crippen molar-refractivity contribution < 1.29 is 14.4 Å². The van der Waals surface area contributed by atoms with E-state index in [0.29, 0.717) is 15.3 Å². The zero-order valence-electron chi connectivity index (χ0n) is 11.7. The van der Waals surface area contributed by atoms with Gasteiger partial charge in [0, 0.05) is 12.1 Å². The van der Waals surface area contributed by atoms with E-state index in [4.69, 9.17) is 11.5 Å². The van der Waals surface area contributed by atoms with Crippen molar-refractivity contribution >= 4 is 28.9 Å². The standard InChI is InChI=1S/C15H15N3O3S/c16-7-11(19)12-4-5-13(22-12)15(21)18-8-9-2-1-3-10(6-9)14(17)20/h1-6H,7-8,16H2,(H2,17,20)(H,18,21). The van der Waals surface area contributed by atoms with Crippen LogP contribution >= 0.6 is 11.3 Å². The first-order valence-corrected chi connectivity index (χ1v) is 7.33. The van der Waals surface area contributed by atoms with Crippen molar-refractivity contribution in [3.8, 4) is 0 Å². The third-order valence-corrected chi connectivity index (χ3v) is 4.08. The van der Waals surface area contributed by atoms with Gasteiger partial charge in [0.05, 0.1) is 16.3 Å². The van der Waals surface area contributed by atoms with E-state index < -0.39 is 5.91 Å². The van der Waals surface area contributed by atoms with Gasteiger partial charge in [0.1, 0.15) is 0 Å². The molecule has 6 nitrogen and oxygen atoms in total. The summed E-state index contributed by atoms with van der Waals surface area (Å²) in [5.41, 5.74) is 11.6. The van der Waals surface area contributed by atoms with Crippen LogP contribution in [0.15, 0.2) is 36.4 Å². The van der Waals surface area contributed by atoms with Gasteiger partial charge in [-0.2, -0.15) is 0 Å². The van der Waals surface area contributed by atoms with Crippen LogP contribution in [-0.4, -0.2) is 24.1 Å². The number of amides is 2. The molecule has 0 bridgehead atoms. The molecule has 1 aromatic heterocycles. The summed E-state index contributed by atoms with van der Waals surface area (Å²) in [4.78, 5) is 35.5. The van der Waals surface area contributed by atoms with Crippen molar-refractivity contribution in [1.29, 1.82) is 0 Å². The zero-order valence-corrected chi connectivity index (χ0v) is 12.5. The lowest BCUT2D eigenvalue weighted by Gasteiger charge is -2.05. The van der Waals surface area contributed by atoms with Gasteiger partial charge in [-0.05, 0) is 29.8 Å². The Hall–Kier alpha value is -2.51. The van der Waals surface area contributed by atoms with E-state index in [9.17, 15) is 14.4 Å². The van der Waals surface area contributed by atoms with Crippen molar-refractivity contribution in [2.75, 3.05) is 6.54 Å². The van der Waals surface area contributed by atoms with E-state index in [1.807, 2.05) is 0 Å². The van der Waals surface area contributed by atoms with Gasteiger partial charge in [-0.1, -0.05) is 12.1 Å². The van der Waals surface area contributed by atoms with E-state index in [1.165, 1.54) is 0 Å². The Kier molecular flexibility index (Phi) is 5.03. The van der Waals surface area contributed by atoms with Crippen molar-refractivity contribution in [3.05, 3.63) is 57.3 Å². The van der Waals surface area contributed by atoms with Gasteiger partial charge in [0.2, 0.25) is 5.91 Å². The van der Waals surface area contributed by atoms with E-state index in [2.05, 4.69) is 5.32 Å². The third kappa shape index (κ3) is 3.78. The molecule has 0 saturated carbocycles. The number of carbonyl (C=O) groups excluding carboxylic acids is 3. The number of thiophene rings is 1. The second-order valence-electron chi connectivity index (χ2n) is 4.54. The summed E-state index contributed by atoms with van der Waals surface area (Å²) in [5.74, 6) is -1.000. The summed E-state index contributed by atoms with van der Waals surface area (Å²) >= 11 is 1.10. The van der Waals surface area contributed by atoms with E-state index >= 15 is 0 Å². The third-order valence-electron chi connectivity index (χ3n) is 2.95. The second-order valence-corrected chi connectivity index (χ2v) is 5.62. The predicted molar refractivity (Wildman–Crippen MR) is 83.8 cm³/mol. The smallest absolute Gasteiger partial charge is 0.261 e. The first-order chi connectivity index (χ1) is 10.5. The van der Waals surface area contributed by atoms with Crippen LogP contribution in [0.1, 0.15) is 35.3 Å². The van der Waals surface area contributed by atoms with Crippen LogP contribution in [0.2, 0.25) is 0 Å². The van der Waals surface area contributed by atoms with Gasteiger partial charge in [0.25, 0.3) is 5.91 Å². The number of nitrogens with two attached hydrogens (primary N) is 2. The fourth-order valence-electron chi connectivity index (χ4n) is 1.81. The Morgan fingerprint density at radius 3 is 2.50 bits per heavy atom. The highest BCUT2D eigenvalue weighted by Gasteiger charge is 2.12. The molecule has 0 aliphatic rings. The van der Waals surface area contributed by atoms with Gasteiger partial charge >= 0.3 is 0 Å². The molecule has 0 unspecified atom stereocenters. The Morgan fingerprint density at radius 1 is 1.09 bits per heavy atom. The Bertz CT molecular complexity index is 724. The van der Waals surface area contributed by atoms with Crippen molar-refractivity contribution in [1.82, 2.24) is 5.32 Å². The van der Waals surface area contributed by atoms with Crippen LogP contribution in [0.4, 0.5) is 0 Å². The molecular weight excluding hydrogens is 302 g/mol. The molecule has 0 aliphatic heterocycles. The van der Waals surface area contributed by atoms with Crippen LogP contribution in [0, 0.1) is 0 Å². The SMILES string of the molecule is NCC(=O)c1ccc(C(=O)NCc2cccc(C(N)=O)c2)s1. The lowest BCUT2D eigenvalue weighted by atomic mass is 10.1. The molecule has 0 fully saturated rings. The van der Waals surface area contributed by atoms with Gasteiger partial charge in [0.15, 0.2) is 5.78 Å². The molecule has 0 saturated heterocycles. The number of nitrogens with one attached hydrogen (secondary N) is 1. The maximum absolute atomic E-state index is 12.0. The summed E-state index contributed by atoms with van der Waals surface area (Å²) in [5, 5.41) is 2.73. The average molecular weight is 317 g/mol. The predicted octanol–water partition coefficient (Wildman–Crippen LogP) is 0.918. The summed E-state index contributed by atoms with van der Waals surface area (Å²) in [6.45, 7) is 0.180.